The third-order valence-corrected chi connectivity index (χ3v) is 4.70. The van der Waals surface area contributed by atoms with E-state index in [-0.39, 0.29) is 6.04 Å². The quantitative estimate of drug-likeness (QED) is 0.841. The van der Waals surface area contributed by atoms with Crippen molar-refractivity contribution in [1.29, 1.82) is 0 Å². The van der Waals surface area contributed by atoms with Crippen LogP contribution in [0.25, 0.3) is 0 Å². The van der Waals surface area contributed by atoms with E-state index < -0.39 is 0 Å². The Morgan fingerprint density at radius 1 is 1.05 bits per heavy atom. The summed E-state index contributed by atoms with van der Waals surface area (Å²) in [6.45, 7) is 3.44. The second kappa shape index (κ2) is 6.77. The second-order valence-electron chi connectivity index (χ2n) is 5.38. The van der Waals surface area contributed by atoms with Crippen LogP contribution in [0.3, 0.4) is 0 Å². The minimum atomic E-state index is 0.0929. The number of benzene rings is 1. The van der Waals surface area contributed by atoms with Crippen LogP contribution >= 0.6 is 23.2 Å². The SMILES string of the molecule is Clc1ccc(C(CCN2CCCC2)n2nccn2)cc1Cl. The van der Waals surface area contributed by atoms with Gasteiger partial charge in [0, 0.05) is 6.54 Å². The Kier molecular flexibility index (Phi) is 4.78. The molecule has 0 bridgehead atoms. The van der Waals surface area contributed by atoms with Gasteiger partial charge < -0.3 is 4.90 Å². The lowest BCUT2D eigenvalue weighted by Gasteiger charge is -2.21. The minimum Gasteiger partial charge on any atom is -0.303 e. The molecule has 2 heterocycles. The molecule has 3 rings (SSSR count). The number of hydrogen-bond donors (Lipinski definition) is 0. The summed E-state index contributed by atoms with van der Waals surface area (Å²) < 4.78 is 0. The van der Waals surface area contributed by atoms with E-state index in [1.807, 2.05) is 18.2 Å². The van der Waals surface area contributed by atoms with Gasteiger partial charge in [-0.2, -0.15) is 15.0 Å². The molecule has 0 N–H and O–H groups in total. The van der Waals surface area contributed by atoms with Gasteiger partial charge in [-0.1, -0.05) is 29.3 Å². The van der Waals surface area contributed by atoms with Gasteiger partial charge in [-0.05, 0) is 50.0 Å². The maximum Gasteiger partial charge on any atom is 0.0978 e. The average Bonchev–Trinajstić information content (AvgIpc) is 3.16. The number of halogens is 2. The summed E-state index contributed by atoms with van der Waals surface area (Å²) in [5, 5.41) is 9.75. The van der Waals surface area contributed by atoms with E-state index in [1.165, 1.54) is 25.9 Å². The standard InChI is InChI=1S/C15H18Cl2N4/c16-13-4-3-12(11-14(13)17)15(21-18-6-7-19-21)5-10-20-8-1-2-9-20/h3-4,6-7,11,15H,1-2,5,8-10H2. The Balaban J connectivity index is 1.79. The lowest BCUT2D eigenvalue weighted by molar-refractivity contribution is 0.300. The van der Waals surface area contributed by atoms with Crippen LogP contribution in [0.2, 0.25) is 10.0 Å². The Hall–Kier alpha value is -1.10. The largest absolute Gasteiger partial charge is 0.303 e. The van der Waals surface area contributed by atoms with Crippen LogP contribution in [0.1, 0.15) is 30.9 Å². The molecule has 21 heavy (non-hydrogen) atoms. The number of aromatic nitrogens is 3. The third-order valence-electron chi connectivity index (χ3n) is 3.96. The topological polar surface area (TPSA) is 34.0 Å². The summed E-state index contributed by atoms with van der Waals surface area (Å²) in [6.07, 6.45) is 6.99. The van der Waals surface area contributed by atoms with E-state index in [9.17, 15) is 0 Å². The first-order chi connectivity index (χ1) is 10.2. The monoisotopic (exact) mass is 324 g/mol. The molecule has 112 valence electrons. The summed E-state index contributed by atoms with van der Waals surface area (Å²) in [6, 6.07) is 5.86. The molecule has 0 amide bonds. The Labute approximate surface area is 134 Å². The molecule has 1 saturated heterocycles. The number of rotatable bonds is 5. The van der Waals surface area contributed by atoms with E-state index in [0.29, 0.717) is 10.0 Å². The van der Waals surface area contributed by atoms with Crippen molar-refractivity contribution in [3.05, 3.63) is 46.2 Å². The van der Waals surface area contributed by atoms with Gasteiger partial charge in [0.1, 0.15) is 0 Å². The van der Waals surface area contributed by atoms with E-state index in [2.05, 4.69) is 15.1 Å². The lowest BCUT2D eigenvalue weighted by atomic mass is 10.0. The maximum absolute atomic E-state index is 6.15. The van der Waals surface area contributed by atoms with Crippen LogP contribution in [0.15, 0.2) is 30.6 Å². The molecule has 2 aromatic rings. The van der Waals surface area contributed by atoms with Crippen LogP contribution in [0, 0.1) is 0 Å². The van der Waals surface area contributed by atoms with Gasteiger partial charge in [-0.25, -0.2) is 0 Å². The van der Waals surface area contributed by atoms with Gasteiger partial charge in [0.2, 0.25) is 0 Å². The minimum absolute atomic E-state index is 0.0929. The first kappa shape index (κ1) is 14.8. The zero-order valence-corrected chi connectivity index (χ0v) is 13.3. The fourth-order valence-electron chi connectivity index (χ4n) is 2.83. The van der Waals surface area contributed by atoms with Gasteiger partial charge in [0.05, 0.1) is 28.5 Å². The fraction of sp³-hybridized carbons (Fsp3) is 0.467. The Bertz CT molecular complexity index is 579. The number of hydrogen-bond acceptors (Lipinski definition) is 3. The van der Waals surface area contributed by atoms with Crippen molar-refractivity contribution in [2.75, 3.05) is 19.6 Å². The summed E-state index contributed by atoms with van der Waals surface area (Å²) in [7, 11) is 0. The smallest absolute Gasteiger partial charge is 0.0978 e. The first-order valence-electron chi connectivity index (χ1n) is 7.27. The van der Waals surface area contributed by atoms with Crippen LogP contribution in [-0.4, -0.2) is 39.5 Å². The van der Waals surface area contributed by atoms with E-state index in [0.717, 1.165) is 18.5 Å². The van der Waals surface area contributed by atoms with Crippen LogP contribution in [0.5, 0.6) is 0 Å². The molecule has 0 aliphatic carbocycles. The molecular formula is C15H18Cl2N4. The molecule has 0 saturated carbocycles. The van der Waals surface area contributed by atoms with Crippen molar-refractivity contribution < 1.29 is 0 Å². The molecule has 1 aromatic carbocycles. The van der Waals surface area contributed by atoms with Crippen molar-refractivity contribution in [3.63, 3.8) is 0 Å². The molecule has 0 radical (unpaired) electrons. The van der Waals surface area contributed by atoms with Gasteiger partial charge in [0.15, 0.2) is 0 Å². The molecule has 6 heteroatoms. The fourth-order valence-corrected chi connectivity index (χ4v) is 3.14. The molecule has 1 aliphatic rings. The Morgan fingerprint density at radius 2 is 1.76 bits per heavy atom. The van der Waals surface area contributed by atoms with Crippen molar-refractivity contribution in [2.45, 2.75) is 25.3 Å². The van der Waals surface area contributed by atoms with Gasteiger partial charge in [-0.3, -0.25) is 0 Å². The highest BCUT2D eigenvalue weighted by atomic mass is 35.5. The van der Waals surface area contributed by atoms with Crippen molar-refractivity contribution in [1.82, 2.24) is 19.9 Å². The van der Waals surface area contributed by atoms with Crippen molar-refractivity contribution in [3.8, 4) is 0 Å². The van der Waals surface area contributed by atoms with E-state index in [1.54, 1.807) is 17.2 Å². The highest BCUT2D eigenvalue weighted by Crippen LogP contribution is 2.28. The predicted octanol–water partition coefficient (Wildman–Crippen LogP) is 3.66. The summed E-state index contributed by atoms with van der Waals surface area (Å²) in [5.41, 5.74) is 1.10. The molecule has 1 unspecified atom stereocenters. The maximum atomic E-state index is 6.15. The molecule has 1 atom stereocenters. The van der Waals surface area contributed by atoms with Crippen molar-refractivity contribution >= 4 is 23.2 Å². The molecule has 0 spiro atoms. The molecule has 1 fully saturated rings. The number of likely N-dealkylation sites (tertiary alicyclic amines) is 1. The van der Waals surface area contributed by atoms with E-state index >= 15 is 0 Å². The number of nitrogens with zero attached hydrogens (tertiary/aromatic N) is 4. The lowest BCUT2D eigenvalue weighted by Crippen LogP contribution is -2.25. The molecule has 4 nitrogen and oxygen atoms in total. The second-order valence-corrected chi connectivity index (χ2v) is 6.19. The summed E-state index contributed by atoms with van der Waals surface area (Å²) in [5.74, 6) is 0. The molecule has 1 aliphatic heterocycles. The van der Waals surface area contributed by atoms with Gasteiger partial charge in [-0.15, -0.1) is 0 Å². The third kappa shape index (κ3) is 3.57. The Morgan fingerprint density at radius 3 is 2.43 bits per heavy atom. The van der Waals surface area contributed by atoms with E-state index in [4.69, 9.17) is 23.2 Å². The first-order valence-corrected chi connectivity index (χ1v) is 8.03. The predicted molar refractivity (Wildman–Crippen MR) is 84.9 cm³/mol. The highest BCUT2D eigenvalue weighted by Gasteiger charge is 2.19. The van der Waals surface area contributed by atoms with Crippen LogP contribution < -0.4 is 0 Å². The normalized spacial score (nSPS) is 17.2. The van der Waals surface area contributed by atoms with Crippen LogP contribution in [0.4, 0.5) is 0 Å². The molecular weight excluding hydrogens is 307 g/mol. The van der Waals surface area contributed by atoms with Gasteiger partial charge >= 0.3 is 0 Å². The van der Waals surface area contributed by atoms with Gasteiger partial charge in [0.25, 0.3) is 0 Å². The molecule has 1 aromatic heterocycles. The highest BCUT2D eigenvalue weighted by molar-refractivity contribution is 6.42. The van der Waals surface area contributed by atoms with Crippen molar-refractivity contribution in [2.24, 2.45) is 0 Å². The van der Waals surface area contributed by atoms with Crippen LogP contribution in [-0.2, 0) is 0 Å². The zero-order valence-electron chi connectivity index (χ0n) is 11.8. The zero-order chi connectivity index (χ0) is 14.7. The summed E-state index contributed by atoms with van der Waals surface area (Å²) in [4.78, 5) is 4.25. The average molecular weight is 325 g/mol. The summed E-state index contributed by atoms with van der Waals surface area (Å²) >= 11 is 12.2.